The number of carbonyl (C=O) groups excluding carboxylic acids is 2. The van der Waals surface area contributed by atoms with E-state index < -0.39 is 6.10 Å². The third kappa shape index (κ3) is 4.81. The quantitative estimate of drug-likeness (QED) is 0.635. The topological polar surface area (TPSA) is 90.3 Å². The number of aromatic nitrogens is 2. The van der Waals surface area contributed by atoms with Gasteiger partial charge in [-0.1, -0.05) is 6.07 Å². The van der Waals surface area contributed by atoms with Crippen molar-refractivity contribution < 1.29 is 14.3 Å². The summed E-state index contributed by atoms with van der Waals surface area (Å²) in [4.78, 5) is 36.0. The van der Waals surface area contributed by atoms with E-state index in [1.807, 2.05) is 26.0 Å². The van der Waals surface area contributed by atoms with Crippen LogP contribution in [0.3, 0.4) is 0 Å². The monoisotopic (exact) mass is 405 g/mol. The van der Waals surface area contributed by atoms with Crippen LogP contribution in [0.4, 0.5) is 5.69 Å². The zero-order valence-corrected chi connectivity index (χ0v) is 17.3. The molecule has 0 fully saturated rings. The highest BCUT2D eigenvalue weighted by molar-refractivity contribution is 5.96. The Hall–Kier alpha value is -3.74. The minimum Gasteiger partial charge on any atom is -0.463 e. The van der Waals surface area contributed by atoms with E-state index in [9.17, 15) is 14.4 Å². The fraction of sp³-hybridized carbons (Fsp3) is 0.217. The zero-order valence-electron chi connectivity index (χ0n) is 17.3. The molecule has 0 radical (unpaired) electrons. The second-order valence-corrected chi connectivity index (χ2v) is 7.07. The largest absolute Gasteiger partial charge is 0.463 e. The number of hydrogen-bond acceptors (Lipinski definition) is 5. The van der Waals surface area contributed by atoms with Crippen molar-refractivity contribution >= 4 is 17.4 Å². The summed E-state index contributed by atoms with van der Waals surface area (Å²) in [6.45, 7) is 7.02. The first-order valence-corrected chi connectivity index (χ1v) is 9.51. The van der Waals surface area contributed by atoms with Gasteiger partial charge in [-0.15, -0.1) is 5.10 Å². The number of rotatable bonds is 6. The molecule has 0 spiro atoms. The lowest BCUT2D eigenvalue weighted by Gasteiger charge is -2.15. The number of nitrogens with one attached hydrogen (secondary N) is 1. The highest BCUT2D eigenvalue weighted by Crippen LogP contribution is 2.15. The van der Waals surface area contributed by atoms with Gasteiger partial charge < -0.3 is 10.1 Å². The molecule has 0 aliphatic rings. The van der Waals surface area contributed by atoms with E-state index in [4.69, 9.17) is 4.74 Å². The number of nitrogens with zero attached hydrogens (tertiary/aromatic N) is 2. The summed E-state index contributed by atoms with van der Waals surface area (Å²) in [6.07, 6.45) is -0.851. The van der Waals surface area contributed by atoms with Gasteiger partial charge >= 0.3 is 0 Å². The molecule has 0 aliphatic carbocycles. The molecule has 1 amide bonds. The summed E-state index contributed by atoms with van der Waals surface area (Å²) >= 11 is 0. The molecule has 154 valence electrons. The molecular formula is C23H23N3O4. The number of hydrogen-bond donors (Lipinski definition) is 1. The van der Waals surface area contributed by atoms with Crippen LogP contribution in [0.5, 0.6) is 5.88 Å². The molecule has 3 rings (SSSR count). The van der Waals surface area contributed by atoms with Crippen LogP contribution >= 0.6 is 0 Å². The van der Waals surface area contributed by atoms with Gasteiger partial charge in [-0.2, -0.15) is 4.68 Å². The molecule has 1 N–H and O–H groups in total. The number of Topliss-reactive ketones (excluding diaryl/α,β-unsaturated/α-hetero) is 1. The molecule has 3 aromatic rings. The van der Waals surface area contributed by atoms with Crippen LogP contribution in [0.15, 0.2) is 59.4 Å². The molecule has 0 saturated heterocycles. The maximum absolute atomic E-state index is 12.4. The predicted octanol–water partition coefficient (Wildman–Crippen LogP) is 3.46. The van der Waals surface area contributed by atoms with Crippen molar-refractivity contribution in [1.82, 2.24) is 9.78 Å². The van der Waals surface area contributed by atoms with E-state index in [0.717, 1.165) is 11.1 Å². The van der Waals surface area contributed by atoms with Crippen molar-refractivity contribution in [2.45, 2.75) is 33.8 Å². The van der Waals surface area contributed by atoms with E-state index in [2.05, 4.69) is 10.4 Å². The van der Waals surface area contributed by atoms with Crippen molar-refractivity contribution in [1.29, 1.82) is 0 Å². The molecule has 0 bridgehead atoms. The van der Waals surface area contributed by atoms with Crippen LogP contribution in [-0.4, -0.2) is 27.6 Å². The van der Waals surface area contributed by atoms with Gasteiger partial charge in [-0.25, -0.2) is 0 Å². The number of ether oxygens (including phenoxy) is 1. The van der Waals surface area contributed by atoms with Crippen LogP contribution in [0.2, 0.25) is 0 Å². The van der Waals surface area contributed by atoms with Gasteiger partial charge in [0.1, 0.15) is 0 Å². The lowest BCUT2D eigenvalue weighted by molar-refractivity contribution is -0.122. The third-order valence-electron chi connectivity index (χ3n) is 4.74. The molecule has 0 saturated carbocycles. The summed E-state index contributed by atoms with van der Waals surface area (Å²) in [5.41, 5.74) is 3.59. The lowest BCUT2D eigenvalue weighted by atomic mass is 10.1. The average molecular weight is 405 g/mol. The predicted molar refractivity (Wildman–Crippen MR) is 114 cm³/mol. The molecule has 0 aliphatic heterocycles. The van der Waals surface area contributed by atoms with Gasteiger partial charge in [-0.05, 0) is 75.2 Å². The van der Waals surface area contributed by atoms with E-state index >= 15 is 0 Å². The minimum absolute atomic E-state index is 0.0467. The van der Waals surface area contributed by atoms with Crippen LogP contribution in [0.1, 0.15) is 35.3 Å². The van der Waals surface area contributed by atoms with Gasteiger partial charge in [0.25, 0.3) is 11.5 Å². The van der Waals surface area contributed by atoms with Crippen LogP contribution in [0.25, 0.3) is 5.69 Å². The Balaban J connectivity index is 1.73. The van der Waals surface area contributed by atoms with E-state index in [0.29, 0.717) is 16.9 Å². The molecular weight excluding hydrogens is 382 g/mol. The molecule has 7 heteroatoms. The standard InChI is InChI=1S/C23H23N3O4/c1-14-5-10-20(13-15(14)2)26-22(28)12-11-21(25-26)30-17(4)23(29)24-19-8-6-18(7-9-19)16(3)27/h5-13,17H,1-4H3,(H,24,29)/t17-/m1/s1. The Morgan fingerprint density at radius 2 is 1.70 bits per heavy atom. The second kappa shape index (κ2) is 8.73. The SMILES string of the molecule is CC(=O)c1ccc(NC(=O)[C@@H](C)Oc2ccc(=O)n(-c3ccc(C)c(C)c3)n2)cc1. The van der Waals surface area contributed by atoms with E-state index in [1.54, 1.807) is 37.3 Å². The Morgan fingerprint density at radius 1 is 1.00 bits per heavy atom. The summed E-state index contributed by atoms with van der Waals surface area (Å²) < 4.78 is 6.89. The van der Waals surface area contributed by atoms with Gasteiger partial charge in [0, 0.05) is 23.4 Å². The van der Waals surface area contributed by atoms with Gasteiger partial charge in [-0.3, -0.25) is 14.4 Å². The van der Waals surface area contributed by atoms with Gasteiger partial charge in [0.05, 0.1) is 5.69 Å². The van der Waals surface area contributed by atoms with Gasteiger partial charge in [0.2, 0.25) is 5.88 Å². The van der Waals surface area contributed by atoms with Crippen molar-refractivity contribution in [2.24, 2.45) is 0 Å². The maximum atomic E-state index is 12.4. The third-order valence-corrected chi connectivity index (χ3v) is 4.74. The molecule has 1 atom stereocenters. The van der Waals surface area contributed by atoms with Crippen LogP contribution < -0.4 is 15.6 Å². The summed E-state index contributed by atoms with van der Waals surface area (Å²) in [7, 11) is 0. The number of carbonyl (C=O) groups is 2. The van der Waals surface area contributed by atoms with Crippen molar-refractivity contribution in [3.8, 4) is 11.6 Å². The zero-order chi connectivity index (χ0) is 21.8. The van der Waals surface area contributed by atoms with Crippen molar-refractivity contribution in [3.63, 3.8) is 0 Å². The molecule has 7 nitrogen and oxygen atoms in total. The Kier molecular flexibility index (Phi) is 6.11. The molecule has 2 aromatic carbocycles. The maximum Gasteiger partial charge on any atom is 0.271 e. The van der Waals surface area contributed by atoms with E-state index in [-0.39, 0.29) is 23.1 Å². The minimum atomic E-state index is -0.851. The lowest BCUT2D eigenvalue weighted by Crippen LogP contribution is -2.31. The van der Waals surface area contributed by atoms with Crippen LogP contribution in [0, 0.1) is 13.8 Å². The normalized spacial score (nSPS) is 11.6. The molecule has 1 aromatic heterocycles. The Bertz CT molecular complexity index is 1150. The number of ketones is 1. The van der Waals surface area contributed by atoms with Gasteiger partial charge in [0.15, 0.2) is 11.9 Å². The highest BCUT2D eigenvalue weighted by atomic mass is 16.5. The van der Waals surface area contributed by atoms with Crippen molar-refractivity contribution in [2.75, 3.05) is 5.32 Å². The number of amides is 1. The number of aryl methyl sites for hydroxylation is 2. The first-order chi connectivity index (χ1) is 14.2. The first kappa shape index (κ1) is 21.0. The summed E-state index contributed by atoms with van der Waals surface area (Å²) in [5, 5.41) is 6.97. The average Bonchev–Trinajstić information content (AvgIpc) is 2.72. The Labute approximate surface area is 174 Å². The second-order valence-electron chi connectivity index (χ2n) is 7.07. The summed E-state index contributed by atoms with van der Waals surface area (Å²) in [5.74, 6) is -0.270. The molecule has 0 unspecified atom stereocenters. The number of anilines is 1. The number of benzene rings is 2. The Morgan fingerprint density at radius 3 is 2.33 bits per heavy atom. The molecule has 30 heavy (non-hydrogen) atoms. The van der Waals surface area contributed by atoms with Crippen LogP contribution in [-0.2, 0) is 4.79 Å². The fourth-order valence-corrected chi connectivity index (χ4v) is 2.77. The smallest absolute Gasteiger partial charge is 0.271 e. The highest BCUT2D eigenvalue weighted by Gasteiger charge is 2.17. The van der Waals surface area contributed by atoms with Crippen molar-refractivity contribution in [3.05, 3.63) is 81.6 Å². The van der Waals surface area contributed by atoms with E-state index in [1.165, 1.54) is 23.7 Å². The summed E-state index contributed by atoms with van der Waals surface area (Å²) in [6, 6.07) is 15.0. The first-order valence-electron chi connectivity index (χ1n) is 9.51. The molecule has 1 heterocycles. The fourth-order valence-electron chi connectivity index (χ4n) is 2.77.